The van der Waals surface area contributed by atoms with Gasteiger partial charge in [0, 0.05) is 30.2 Å². The van der Waals surface area contributed by atoms with Crippen LogP contribution in [0.3, 0.4) is 0 Å². The topological polar surface area (TPSA) is 73.3 Å². The molecule has 2 aromatic heterocycles. The highest BCUT2D eigenvalue weighted by molar-refractivity contribution is 7.15. The number of thiophene rings is 1. The normalized spacial score (nSPS) is 14.7. The molecule has 1 aliphatic rings. The summed E-state index contributed by atoms with van der Waals surface area (Å²) in [4.78, 5) is 14.2. The van der Waals surface area contributed by atoms with Crippen molar-refractivity contribution in [3.63, 3.8) is 0 Å². The van der Waals surface area contributed by atoms with E-state index in [0.29, 0.717) is 23.6 Å². The quantitative estimate of drug-likeness (QED) is 0.416. The molecule has 0 amide bonds. The predicted octanol–water partition coefficient (Wildman–Crippen LogP) is 4.79. The Morgan fingerprint density at radius 3 is 2.84 bits per heavy atom. The van der Waals surface area contributed by atoms with Crippen LogP contribution in [0.4, 0.5) is 5.95 Å². The van der Waals surface area contributed by atoms with Gasteiger partial charge in [-0.2, -0.15) is 0 Å². The standard InChI is InChI=1S/C24H30ClN5OS/c1-2-30(18-8-11-26-12-9-18)16-19-4-6-23(32-19)21-10-14-28-24(29-21)27-13-7-17-3-5-22(31)20(25)15-17/h3-6,10,14-15,18,26,31H,2,7-9,11-13,16H2,1H3,(H,27,28,29). The summed E-state index contributed by atoms with van der Waals surface area (Å²) >= 11 is 7.80. The minimum atomic E-state index is 0.104. The van der Waals surface area contributed by atoms with Crippen molar-refractivity contribution in [2.45, 2.75) is 38.8 Å². The fourth-order valence-corrected chi connectivity index (χ4v) is 5.28. The van der Waals surface area contributed by atoms with E-state index in [1.165, 1.54) is 17.7 Å². The first-order chi connectivity index (χ1) is 15.6. The summed E-state index contributed by atoms with van der Waals surface area (Å²) in [6.07, 6.45) is 5.02. The number of nitrogens with one attached hydrogen (secondary N) is 2. The van der Waals surface area contributed by atoms with Gasteiger partial charge in [-0.15, -0.1) is 11.3 Å². The van der Waals surface area contributed by atoms with Crippen LogP contribution < -0.4 is 10.6 Å². The molecule has 1 aliphatic heterocycles. The Hall–Kier alpha value is -2.19. The molecule has 3 aromatic rings. The Kier molecular flexibility index (Phi) is 7.97. The van der Waals surface area contributed by atoms with E-state index in [4.69, 9.17) is 16.6 Å². The smallest absolute Gasteiger partial charge is 0.223 e. The summed E-state index contributed by atoms with van der Waals surface area (Å²) < 4.78 is 0. The largest absolute Gasteiger partial charge is 0.506 e. The van der Waals surface area contributed by atoms with Crippen LogP contribution in [-0.4, -0.2) is 52.2 Å². The van der Waals surface area contributed by atoms with Crippen molar-refractivity contribution >= 4 is 28.9 Å². The van der Waals surface area contributed by atoms with Crippen LogP contribution in [-0.2, 0) is 13.0 Å². The summed E-state index contributed by atoms with van der Waals surface area (Å²) in [5.41, 5.74) is 1.99. The van der Waals surface area contributed by atoms with E-state index in [1.54, 1.807) is 18.3 Å². The van der Waals surface area contributed by atoms with E-state index in [9.17, 15) is 5.11 Å². The number of aromatic hydroxyl groups is 1. The van der Waals surface area contributed by atoms with Crippen LogP contribution in [0.25, 0.3) is 10.6 Å². The minimum absolute atomic E-state index is 0.104. The summed E-state index contributed by atoms with van der Waals surface area (Å²) in [7, 11) is 0. The zero-order chi connectivity index (χ0) is 22.3. The van der Waals surface area contributed by atoms with E-state index in [-0.39, 0.29) is 5.75 Å². The number of hydrogen-bond donors (Lipinski definition) is 3. The van der Waals surface area contributed by atoms with Gasteiger partial charge in [-0.3, -0.25) is 4.90 Å². The minimum Gasteiger partial charge on any atom is -0.506 e. The zero-order valence-corrected chi connectivity index (χ0v) is 19.9. The molecule has 0 spiro atoms. The van der Waals surface area contributed by atoms with E-state index in [0.717, 1.165) is 48.7 Å². The van der Waals surface area contributed by atoms with Crippen molar-refractivity contribution in [1.82, 2.24) is 20.2 Å². The Morgan fingerprint density at radius 2 is 2.06 bits per heavy atom. The average molecular weight is 472 g/mol. The van der Waals surface area contributed by atoms with Crippen molar-refractivity contribution in [1.29, 1.82) is 0 Å². The van der Waals surface area contributed by atoms with E-state index >= 15 is 0 Å². The summed E-state index contributed by atoms with van der Waals surface area (Å²) in [5.74, 6) is 0.722. The second kappa shape index (κ2) is 11.1. The summed E-state index contributed by atoms with van der Waals surface area (Å²) in [6.45, 7) is 7.25. The molecule has 4 rings (SSSR count). The van der Waals surface area contributed by atoms with Crippen LogP contribution in [0.1, 0.15) is 30.2 Å². The molecule has 0 unspecified atom stereocenters. The van der Waals surface area contributed by atoms with E-state index < -0.39 is 0 Å². The first kappa shape index (κ1) is 23.0. The number of phenolic OH excluding ortho intramolecular Hbond substituents is 1. The van der Waals surface area contributed by atoms with Gasteiger partial charge in [0.05, 0.1) is 15.6 Å². The molecule has 32 heavy (non-hydrogen) atoms. The van der Waals surface area contributed by atoms with Gasteiger partial charge in [-0.1, -0.05) is 24.6 Å². The highest BCUT2D eigenvalue weighted by Crippen LogP contribution is 2.29. The van der Waals surface area contributed by atoms with Crippen LogP contribution in [0.15, 0.2) is 42.6 Å². The lowest BCUT2D eigenvalue weighted by atomic mass is 10.0. The molecular weight excluding hydrogens is 442 g/mol. The maximum Gasteiger partial charge on any atom is 0.223 e. The Morgan fingerprint density at radius 1 is 1.22 bits per heavy atom. The highest BCUT2D eigenvalue weighted by Gasteiger charge is 2.20. The molecule has 3 N–H and O–H groups in total. The first-order valence-electron chi connectivity index (χ1n) is 11.2. The molecule has 0 atom stereocenters. The molecule has 1 aromatic carbocycles. The fraction of sp³-hybridized carbons (Fsp3) is 0.417. The van der Waals surface area contributed by atoms with E-state index in [1.807, 2.05) is 23.5 Å². The van der Waals surface area contributed by atoms with Crippen LogP contribution >= 0.6 is 22.9 Å². The number of rotatable bonds is 9. The molecular formula is C24H30ClN5OS. The number of hydrogen-bond acceptors (Lipinski definition) is 7. The number of nitrogens with zero attached hydrogens (tertiary/aromatic N) is 3. The number of aromatic nitrogens is 2. The van der Waals surface area contributed by atoms with Gasteiger partial charge in [-0.05, 0) is 74.8 Å². The molecule has 6 nitrogen and oxygen atoms in total. The Bertz CT molecular complexity index is 1020. The van der Waals surface area contributed by atoms with Gasteiger partial charge < -0.3 is 15.7 Å². The molecule has 170 valence electrons. The first-order valence-corrected chi connectivity index (χ1v) is 12.4. The van der Waals surface area contributed by atoms with Crippen molar-refractivity contribution < 1.29 is 5.11 Å². The van der Waals surface area contributed by atoms with Gasteiger partial charge in [0.2, 0.25) is 5.95 Å². The zero-order valence-electron chi connectivity index (χ0n) is 18.4. The Balaban J connectivity index is 1.35. The number of halogens is 1. The van der Waals surface area contributed by atoms with Gasteiger partial charge in [0.15, 0.2) is 0 Å². The van der Waals surface area contributed by atoms with Gasteiger partial charge in [-0.25, -0.2) is 9.97 Å². The molecule has 3 heterocycles. The number of anilines is 1. The molecule has 1 saturated heterocycles. The molecule has 0 radical (unpaired) electrons. The lowest BCUT2D eigenvalue weighted by molar-refractivity contribution is 0.163. The highest BCUT2D eigenvalue weighted by atomic mass is 35.5. The fourth-order valence-electron chi connectivity index (χ4n) is 4.08. The Labute approximate surface area is 198 Å². The third-order valence-electron chi connectivity index (χ3n) is 5.87. The molecule has 0 saturated carbocycles. The number of benzene rings is 1. The SMILES string of the molecule is CCN(Cc1ccc(-c2ccnc(NCCc3ccc(O)c(Cl)c3)n2)s1)C1CCNCC1. The molecule has 0 bridgehead atoms. The second-order valence-electron chi connectivity index (χ2n) is 8.04. The maximum absolute atomic E-state index is 9.54. The van der Waals surface area contributed by atoms with Gasteiger partial charge in [0.1, 0.15) is 5.75 Å². The van der Waals surface area contributed by atoms with Crippen molar-refractivity contribution in [3.8, 4) is 16.3 Å². The van der Waals surface area contributed by atoms with E-state index in [2.05, 4.69) is 39.6 Å². The van der Waals surface area contributed by atoms with Crippen molar-refractivity contribution in [2.75, 3.05) is 31.5 Å². The van der Waals surface area contributed by atoms with Crippen LogP contribution in [0.5, 0.6) is 5.75 Å². The molecule has 8 heteroatoms. The lowest BCUT2D eigenvalue weighted by Gasteiger charge is -2.33. The van der Waals surface area contributed by atoms with Crippen molar-refractivity contribution in [3.05, 3.63) is 58.1 Å². The van der Waals surface area contributed by atoms with Crippen molar-refractivity contribution in [2.24, 2.45) is 0 Å². The van der Waals surface area contributed by atoms with Gasteiger partial charge >= 0.3 is 0 Å². The number of phenols is 1. The third-order valence-corrected chi connectivity index (χ3v) is 7.26. The average Bonchev–Trinajstić information content (AvgIpc) is 3.29. The summed E-state index contributed by atoms with van der Waals surface area (Å²) in [5, 5.41) is 16.7. The third kappa shape index (κ3) is 5.98. The van der Waals surface area contributed by atoms with Crippen LogP contribution in [0.2, 0.25) is 5.02 Å². The lowest BCUT2D eigenvalue weighted by Crippen LogP contribution is -2.42. The second-order valence-corrected chi connectivity index (χ2v) is 9.61. The molecule has 1 fully saturated rings. The predicted molar refractivity (Wildman–Crippen MR) is 133 cm³/mol. The van der Waals surface area contributed by atoms with Gasteiger partial charge in [0.25, 0.3) is 0 Å². The molecule has 0 aliphatic carbocycles. The number of piperidine rings is 1. The monoisotopic (exact) mass is 471 g/mol. The maximum atomic E-state index is 9.54. The van der Waals surface area contributed by atoms with Crippen LogP contribution in [0, 0.1) is 0 Å². The summed E-state index contributed by atoms with van der Waals surface area (Å²) in [6, 6.07) is 12.3.